The molecule has 0 saturated carbocycles. The van der Waals surface area contributed by atoms with Crippen LogP contribution in [-0.2, 0) is 71.6 Å². The van der Waals surface area contributed by atoms with E-state index in [2.05, 4.69) is 29.9 Å². The number of hydrazone groups is 1. The molecule has 24 nitrogen and oxygen atoms in total. The molecule has 321 valence electrons. The van der Waals surface area contributed by atoms with Crippen LogP contribution in [0.4, 0.5) is 17.1 Å². The Kier molecular flexibility index (Phi) is 29.9. The number of carbonyl (C=O) groups excluding carboxylic acids is 1. The zero-order valence-corrected chi connectivity index (χ0v) is 46.1. The number of aliphatic imine (C=N–C) groups is 1. The fourth-order valence-electron chi connectivity index (χ4n) is 4.04. The Hall–Kier alpha value is -0.331. The Morgan fingerprint density at radius 3 is 1.79 bits per heavy atom. The van der Waals surface area contributed by atoms with Crippen molar-refractivity contribution in [2.75, 3.05) is 47.0 Å². The van der Waals surface area contributed by atoms with Gasteiger partial charge in [-0.1, -0.05) is 5.75 Å². The molecule has 3 aromatic rings. The quantitative estimate of drug-likeness (QED) is 0.0175. The molecular formula is C27H23ClCuN6Na4O18S5. The van der Waals surface area contributed by atoms with Crippen molar-refractivity contribution >= 4 is 96.8 Å². The van der Waals surface area contributed by atoms with Gasteiger partial charge >= 0.3 is 135 Å². The number of halogens is 1. The molecule has 0 unspecified atom stereocenters. The second-order valence-electron chi connectivity index (χ2n) is 10.7. The van der Waals surface area contributed by atoms with Crippen LogP contribution in [0.3, 0.4) is 0 Å². The molecule has 3 aromatic carbocycles. The summed E-state index contributed by atoms with van der Waals surface area (Å²) in [6.45, 7) is -1.83. The summed E-state index contributed by atoms with van der Waals surface area (Å²) in [6.07, 6.45) is 0. The van der Waals surface area contributed by atoms with E-state index < -0.39 is 137 Å². The summed E-state index contributed by atoms with van der Waals surface area (Å²) in [6, 6.07) is 5.55. The van der Waals surface area contributed by atoms with Gasteiger partial charge in [0.2, 0.25) is 16.2 Å². The molecule has 0 heterocycles. The first-order valence-electron chi connectivity index (χ1n) is 14.8. The van der Waals surface area contributed by atoms with Crippen LogP contribution >= 0.6 is 11.6 Å². The molecule has 0 bridgehead atoms. The summed E-state index contributed by atoms with van der Waals surface area (Å²) in [5.74, 6) is -6.44. The molecular weight excluding hydrogens is 1050 g/mol. The van der Waals surface area contributed by atoms with E-state index in [-0.39, 0.29) is 152 Å². The fourth-order valence-corrected chi connectivity index (χ4v) is 7.96. The minimum Gasteiger partial charge on any atom is -0.870 e. The number of hydrogen-bond donors (Lipinski definition) is 2. The molecule has 0 aromatic heterocycles. The Morgan fingerprint density at radius 2 is 1.27 bits per heavy atom. The van der Waals surface area contributed by atoms with Crippen LogP contribution in [-0.4, -0.2) is 110 Å². The number of sulfone groups is 2. The largest absolute Gasteiger partial charge is 2.00 e. The molecule has 0 amide bonds. The number of hydrogen-bond acceptors (Lipinski definition) is 22. The number of alkyl halides is 1. The third-order valence-electron chi connectivity index (χ3n) is 6.70. The molecule has 35 heteroatoms. The Labute approximate surface area is 459 Å². The van der Waals surface area contributed by atoms with Gasteiger partial charge in [-0.05, 0) is 54.6 Å². The van der Waals surface area contributed by atoms with E-state index in [9.17, 15) is 75.9 Å². The molecule has 0 fully saturated rings. The van der Waals surface area contributed by atoms with Crippen LogP contribution in [0.25, 0.3) is 0 Å². The van der Waals surface area contributed by atoms with E-state index in [1.807, 2.05) is 5.32 Å². The van der Waals surface area contributed by atoms with Crippen LogP contribution < -0.4 is 144 Å². The summed E-state index contributed by atoms with van der Waals surface area (Å²) in [5, 5.41) is 50.3. The van der Waals surface area contributed by atoms with Gasteiger partial charge in [0, 0.05) is 22.7 Å². The number of carbonyl (C=O) groups is 1. The monoisotopic (exact) mass is 1070 g/mol. The van der Waals surface area contributed by atoms with Crippen molar-refractivity contribution in [3.63, 3.8) is 0 Å². The van der Waals surface area contributed by atoms with Crippen molar-refractivity contribution in [3.05, 3.63) is 65.7 Å². The number of carboxylic acid groups (broad SMARTS) is 1. The summed E-state index contributed by atoms with van der Waals surface area (Å²) in [4.78, 5) is 12.7. The standard InChI is InChI=1S/C27H29ClN6O18S5.Cu.4Na/c28-7-10-54(41,42)17-3-1-16(2-4-17)25(33-31-21-13-18(55(43,44)45)5-6-20(21)26(36)37)34-32-23-15-19(56(46,47)48)14-22(24(23)35)30-27(38)29-8-11-53(39,40)12-9-52-57(49,50)51;;;;;/h1-6,13-15,32,35H,7-12H2,(H,36,37)(H2,29,30,38)(H,43,44,45)(H,46,47,48)(H,49,50,51);;;;;/q;+2;4*+1/p-6/b33-31?,34-25+;;;;;. The molecule has 1 radical (unpaired) electrons. The van der Waals surface area contributed by atoms with Crippen molar-refractivity contribution in [2.24, 2.45) is 20.3 Å². The molecule has 3 rings (SSSR count). The number of amidine groups is 2. The summed E-state index contributed by atoms with van der Waals surface area (Å²) < 4.78 is 155. The number of carboxylic acids is 1. The molecule has 0 spiro atoms. The van der Waals surface area contributed by atoms with E-state index in [0.717, 1.165) is 24.3 Å². The second-order valence-corrected chi connectivity index (χ2v) is 19.3. The van der Waals surface area contributed by atoms with Crippen LogP contribution in [0, 0.1) is 0 Å². The van der Waals surface area contributed by atoms with Crippen LogP contribution in [0.5, 0.6) is 5.75 Å². The van der Waals surface area contributed by atoms with E-state index in [1.165, 1.54) is 0 Å². The molecule has 0 aliphatic carbocycles. The predicted molar refractivity (Wildman–Crippen MR) is 187 cm³/mol. The van der Waals surface area contributed by atoms with E-state index in [0.29, 0.717) is 30.3 Å². The van der Waals surface area contributed by atoms with Gasteiger partial charge in [0.1, 0.15) is 20.2 Å². The number of nitrogens with one attached hydrogen (secondary N) is 2. The Balaban J connectivity index is -0.00000696. The summed E-state index contributed by atoms with van der Waals surface area (Å²) in [5.41, 5.74) is -1.43. The van der Waals surface area contributed by atoms with Gasteiger partial charge in [-0.25, -0.2) is 42.1 Å². The van der Waals surface area contributed by atoms with Crippen molar-refractivity contribution in [3.8, 4) is 5.75 Å². The van der Waals surface area contributed by atoms with Crippen LogP contribution in [0.15, 0.2) is 89.6 Å². The second kappa shape index (κ2) is 28.1. The molecule has 0 aliphatic rings. The molecule has 62 heavy (non-hydrogen) atoms. The van der Waals surface area contributed by atoms with Crippen molar-refractivity contribution < 1.29 is 215 Å². The van der Waals surface area contributed by atoms with Gasteiger partial charge in [0.25, 0.3) is 0 Å². The maximum atomic E-state index is 13.3. The third kappa shape index (κ3) is 21.5. The van der Waals surface area contributed by atoms with Gasteiger partial charge in [0.15, 0.2) is 19.7 Å². The Morgan fingerprint density at radius 1 is 0.726 bits per heavy atom. The maximum Gasteiger partial charge on any atom is 2.00 e. The zero-order chi connectivity index (χ0) is 43.0. The number of nitrogens with zero attached hydrogens (tertiary/aromatic N) is 4. The maximum absolute atomic E-state index is 13.3. The van der Waals surface area contributed by atoms with Gasteiger partial charge in [-0.3, -0.25) is 14.6 Å². The predicted octanol–water partition coefficient (Wildman–Crippen LogP) is -14.5. The zero-order valence-electron chi connectivity index (χ0n) is 32.3. The number of rotatable bonds is 18. The smallest absolute Gasteiger partial charge is 0.870 e. The average molecular weight is 1070 g/mol. The van der Waals surface area contributed by atoms with Crippen molar-refractivity contribution in [1.29, 1.82) is 0 Å². The van der Waals surface area contributed by atoms with Gasteiger partial charge in [0.05, 0.1) is 68.5 Å². The molecule has 0 saturated heterocycles. The van der Waals surface area contributed by atoms with Gasteiger partial charge in [-0.15, -0.1) is 21.8 Å². The summed E-state index contributed by atoms with van der Waals surface area (Å²) >= 11 is 5.55. The number of aromatic carboxylic acids is 1. The topological polar surface area (TPSA) is 409 Å². The first-order valence-corrected chi connectivity index (χ1v) is 22.9. The summed E-state index contributed by atoms with van der Waals surface area (Å²) in [7, 11) is -23.8. The minimum atomic E-state index is -5.41. The SMILES string of the molecule is O=C([O-])c1ccc(S(=O)(=O)[O-])cc1N=N/C(=N/Nc1cc(S(=O)(=O)[O-])cc(NC([O-])=NCCS(=O)(=O)CCOS(=O)(=O)[O-])c1[O-])c1ccc(S(=O)(=O)CCCl)cc1.[Cu+2].[Na+].[Na+].[Na+].[Na+]. The van der Waals surface area contributed by atoms with E-state index in [4.69, 9.17) is 11.6 Å². The van der Waals surface area contributed by atoms with Crippen molar-refractivity contribution in [1.82, 2.24) is 0 Å². The molecule has 0 aliphatic heterocycles. The fraction of sp³-hybridized carbons (Fsp3) is 0.222. The van der Waals surface area contributed by atoms with Crippen LogP contribution in [0.1, 0.15) is 15.9 Å². The number of azo groups is 1. The third-order valence-corrected chi connectivity index (χ3v) is 12.5. The van der Waals surface area contributed by atoms with Gasteiger partial charge in [-0.2, -0.15) is 5.10 Å². The Bertz CT molecular complexity index is 2700. The average Bonchev–Trinajstić information content (AvgIpc) is 3.08. The first kappa shape index (κ1) is 65.9. The van der Waals surface area contributed by atoms with Gasteiger partial charge < -0.3 is 39.1 Å². The molecule has 2 N–H and O–H groups in total. The first-order chi connectivity index (χ1) is 26.2. The number of anilines is 2. The molecule has 0 atom stereocenters. The van der Waals surface area contributed by atoms with Crippen molar-refractivity contribution in [2.45, 2.75) is 14.7 Å². The number of benzene rings is 3. The van der Waals surface area contributed by atoms with Crippen LogP contribution in [0.2, 0.25) is 0 Å². The van der Waals surface area contributed by atoms with E-state index in [1.54, 1.807) is 0 Å². The van der Waals surface area contributed by atoms with E-state index >= 15 is 0 Å². The normalized spacial score (nSPS) is 12.4. The minimum absolute atomic E-state index is 0.